The van der Waals surface area contributed by atoms with Crippen molar-refractivity contribution in [1.82, 2.24) is 0 Å². The van der Waals surface area contributed by atoms with Crippen LogP contribution >= 0.6 is 0 Å². The smallest absolute Gasteiger partial charge is 0.330 e. The molecule has 4 heteroatoms. The lowest BCUT2D eigenvalue weighted by atomic mass is 10.2. The lowest BCUT2D eigenvalue weighted by Crippen LogP contribution is -1.92. The van der Waals surface area contributed by atoms with Gasteiger partial charge in [-0.05, 0) is 25.5 Å². The first-order valence-corrected chi connectivity index (χ1v) is 4.18. The topological polar surface area (TPSA) is 57.5 Å². The van der Waals surface area contributed by atoms with E-state index in [1.54, 1.807) is 6.92 Å². The van der Waals surface area contributed by atoms with Gasteiger partial charge in [0.1, 0.15) is 11.6 Å². The van der Waals surface area contributed by atoms with E-state index in [2.05, 4.69) is 6.58 Å². The molecular weight excluding hydrogens is 199 g/mol. The van der Waals surface area contributed by atoms with Gasteiger partial charge in [0.05, 0.1) is 0 Å². The number of aromatic hydroxyl groups is 1. The van der Waals surface area contributed by atoms with Crippen molar-refractivity contribution in [3.05, 3.63) is 41.7 Å². The molecule has 0 saturated heterocycles. The first kappa shape index (κ1) is 13.2. The van der Waals surface area contributed by atoms with Crippen LogP contribution < -0.4 is 0 Å². The molecule has 0 spiro atoms. The molecular formula is C11H13FO3. The molecule has 0 aliphatic carbocycles. The number of phenols is 1. The van der Waals surface area contributed by atoms with Crippen molar-refractivity contribution in [2.75, 3.05) is 0 Å². The molecule has 15 heavy (non-hydrogen) atoms. The maximum Gasteiger partial charge on any atom is 0.330 e. The number of rotatable bonds is 1. The molecule has 2 N–H and O–H groups in total. The predicted molar refractivity (Wildman–Crippen MR) is 55.3 cm³/mol. The molecule has 0 aromatic heterocycles. The Morgan fingerprint density at radius 2 is 1.93 bits per heavy atom. The molecule has 0 aliphatic heterocycles. The van der Waals surface area contributed by atoms with Crippen LogP contribution in [0.25, 0.3) is 0 Å². The normalized spacial score (nSPS) is 8.73. The minimum atomic E-state index is -0.935. The fourth-order valence-corrected chi connectivity index (χ4v) is 0.583. The van der Waals surface area contributed by atoms with Crippen LogP contribution in [0.5, 0.6) is 5.75 Å². The monoisotopic (exact) mass is 212 g/mol. The molecule has 1 aromatic rings. The van der Waals surface area contributed by atoms with Gasteiger partial charge in [-0.25, -0.2) is 9.18 Å². The predicted octanol–water partition coefficient (Wildman–Crippen LogP) is 2.49. The molecule has 82 valence electrons. The van der Waals surface area contributed by atoms with E-state index in [4.69, 9.17) is 10.2 Å². The number of aliphatic carboxylic acids is 1. The van der Waals surface area contributed by atoms with E-state index in [1.165, 1.54) is 19.1 Å². The van der Waals surface area contributed by atoms with Crippen molar-refractivity contribution in [1.29, 1.82) is 0 Å². The van der Waals surface area contributed by atoms with Crippen LogP contribution in [0.15, 0.2) is 30.4 Å². The van der Waals surface area contributed by atoms with E-state index in [9.17, 15) is 9.18 Å². The van der Waals surface area contributed by atoms with E-state index >= 15 is 0 Å². The number of carboxylic acid groups (broad SMARTS) is 1. The molecule has 0 atom stereocenters. The van der Waals surface area contributed by atoms with E-state index in [-0.39, 0.29) is 11.3 Å². The third kappa shape index (κ3) is 5.46. The maximum atomic E-state index is 12.2. The highest BCUT2D eigenvalue weighted by molar-refractivity contribution is 5.84. The second-order valence-electron chi connectivity index (χ2n) is 3.02. The van der Waals surface area contributed by atoms with Gasteiger partial charge in [-0.1, -0.05) is 12.6 Å². The highest BCUT2D eigenvalue weighted by atomic mass is 19.1. The van der Waals surface area contributed by atoms with Gasteiger partial charge in [-0.2, -0.15) is 0 Å². The van der Waals surface area contributed by atoms with E-state index < -0.39 is 11.8 Å². The first-order chi connectivity index (χ1) is 6.84. The Bertz CT molecular complexity index is 360. The lowest BCUT2D eigenvalue weighted by molar-refractivity contribution is -0.132. The Morgan fingerprint density at radius 3 is 2.20 bits per heavy atom. The summed E-state index contributed by atoms with van der Waals surface area (Å²) in [7, 11) is 0. The van der Waals surface area contributed by atoms with Gasteiger partial charge >= 0.3 is 5.97 Å². The maximum absolute atomic E-state index is 12.2. The van der Waals surface area contributed by atoms with Gasteiger partial charge in [-0.15, -0.1) is 0 Å². The Labute approximate surface area is 87.5 Å². The first-order valence-electron chi connectivity index (χ1n) is 4.18. The minimum absolute atomic E-state index is 0.00926. The second kappa shape index (κ2) is 5.80. The van der Waals surface area contributed by atoms with Crippen molar-refractivity contribution in [2.24, 2.45) is 0 Å². The fourth-order valence-electron chi connectivity index (χ4n) is 0.583. The number of hydrogen-bond donors (Lipinski definition) is 2. The number of carboxylic acids is 1. The van der Waals surface area contributed by atoms with Crippen LogP contribution in [0.4, 0.5) is 4.39 Å². The summed E-state index contributed by atoms with van der Waals surface area (Å²) >= 11 is 0. The largest absolute Gasteiger partial charge is 0.508 e. The van der Waals surface area contributed by atoms with Gasteiger partial charge in [0.25, 0.3) is 0 Å². The van der Waals surface area contributed by atoms with Crippen molar-refractivity contribution >= 4 is 5.97 Å². The zero-order valence-electron chi connectivity index (χ0n) is 8.62. The number of carbonyl (C=O) groups is 1. The van der Waals surface area contributed by atoms with E-state index in [0.717, 1.165) is 6.07 Å². The second-order valence-corrected chi connectivity index (χ2v) is 3.02. The Morgan fingerprint density at radius 1 is 1.47 bits per heavy atom. The molecule has 0 unspecified atom stereocenters. The van der Waals surface area contributed by atoms with Crippen LogP contribution in [0, 0.1) is 12.7 Å². The highest BCUT2D eigenvalue weighted by Gasteiger charge is 1.94. The summed E-state index contributed by atoms with van der Waals surface area (Å²) in [6.45, 7) is 6.32. The van der Waals surface area contributed by atoms with Crippen LogP contribution in [0.3, 0.4) is 0 Å². The summed E-state index contributed by atoms with van der Waals surface area (Å²) in [4.78, 5) is 9.60. The molecule has 0 amide bonds. The van der Waals surface area contributed by atoms with Crippen LogP contribution in [-0.4, -0.2) is 16.2 Å². The average Bonchev–Trinajstić information content (AvgIpc) is 2.13. The quantitative estimate of drug-likeness (QED) is 0.703. The van der Waals surface area contributed by atoms with Crippen LogP contribution in [0.2, 0.25) is 0 Å². The van der Waals surface area contributed by atoms with Crippen molar-refractivity contribution < 1.29 is 19.4 Å². The van der Waals surface area contributed by atoms with Crippen LogP contribution in [-0.2, 0) is 4.79 Å². The Balaban J connectivity index is 0.000000288. The van der Waals surface area contributed by atoms with Gasteiger partial charge in [-0.3, -0.25) is 0 Å². The average molecular weight is 212 g/mol. The fraction of sp³-hybridized carbons (Fsp3) is 0.182. The zero-order chi connectivity index (χ0) is 12.0. The van der Waals surface area contributed by atoms with Crippen molar-refractivity contribution in [3.63, 3.8) is 0 Å². The van der Waals surface area contributed by atoms with E-state index in [1.807, 2.05) is 0 Å². The molecule has 3 nitrogen and oxygen atoms in total. The summed E-state index contributed by atoms with van der Waals surface area (Å²) < 4.78 is 12.2. The van der Waals surface area contributed by atoms with Crippen LogP contribution in [0.1, 0.15) is 12.5 Å². The lowest BCUT2D eigenvalue weighted by Gasteiger charge is -1.94. The third-order valence-corrected chi connectivity index (χ3v) is 1.54. The SMILES string of the molecule is C=C(C)C(=O)O.Cc1ccc(F)cc1O. The van der Waals surface area contributed by atoms with Gasteiger partial charge in [0.15, 0.2) is 0 Å². The molecule has 0 fully saturated rings. The van der Waals surface area contributed by atoms with E-state index in [0.29, 0.717) is 5.56 Å². The molecule has 0 bridgehead atoms. The molecule has 0 heterocycles. The zero-order valence-corrected chi connectivity index (χ0v) is 8.62. The minimum Gasteiger partial charge on any atom is -0.508 e. The number of hydrogen-bond acceptors (Lipinski definition) is 2. The number of aryl methyl sites for hydroxylation is 1. The number of benzene rings is 1. The third-order valence-electron chi connectivity index (χ3n) is 1.54. The number of phenolic OH excluding ortho intramolecular Hbond substituents is 1. The summed E-state index contributed by atoms with van der Waals surface area (Å²) in [5, 5.41) is 16.8. The summed E-state index contributed by atoms with van der Waals surface area (Å²) in [6, 6.07) is 3.94. The Kier molecular flexibility index (Phi) is 5.09. The van der Waals surface area contributed by atoms with Gasteiger partial charge in [0.2, 0.25) is 0 Å². The summed E-state index contributed by atoms with van der Waals surface area (Å²) in [5.41, 5.74) is 0.867. The highest BCUT2D eigenvalue weighted by Crippen LogP contribution is 2.15. The standard InChI is InChI=1S/C7H7FO.C4H6O2/c1-5-2-3-6(8)4-7(5)9;1-3(2)4(5)6/h2-4,9H,1H3;1H2,2H3,(H,5,6). The molecule has 0 radical (unpaired) electrons. The van der Waals surface area contributed by atoms with Crippen molar-refractivity contribution in [2.45, 2.75) is 13.8 Å². The van der Waals surface area contributed by atoms with Gasteiger partial charge < -0.3 is 10.2 Å². The number of halogens is 1. The molecule has 1 aromatic carbocycles. The molecule has 0 saturated carbocycles. The summed E-state index contributed by atoms with van der Waals surface area (Å²) in [6.07, 6.45) is 0. The molecule has 1 rings (SSSR count). The van der Waals surface area contributed by atoms with Gasteiger partial charge in [0, 0.05) is 11.6 Å². The molecule has 0 aliphatic rings. The van der Waals surface area contributed by atoms with Crippen molar-refractivity contribution in [3.8, 4) is 5.75 Å². The Hall–Kier alpha value is -1.84. The summed E-state index contributed by atoms with van der Waals surface area (Å²) in [5.74, 6) is -1.33.